The van der Waals surface area contributed by atoms with E-state index in [0.717, 1.165) is 24.0 Å². The maximum Gasteiger partial charge on any atom is 0.236 e. The summed E-state index contributed by atoms with van der Waals surface area (Å²) < 4.78 is 0. The lowest BCUT2D eigenvalue weighted by Crippen LogP contribution is -2.24. The second-order valence-corrected chi connectivity index (χ2v) is 8.55. The minimum absolute atomic E-state index is 0.0151. The Labute approximate surface area is 190 Å². The van der Waals surface area contributed by atoms with E-state index >= 15 is 0 Å². The summed E-state index contributed by atoms with van der Waals surface area (Å²) in [5.74, 6) is -0.0907. The summed E-state index contributed by atoms with van der Waals surface area (Å²) in [6.07, 6.45) is 6.50. The lowest BCUT2D eigenvalue weighted by atomic mass is 9.87. The van der Waals surface area contributed by atoms with Gasteiger partial charge >= 0.3 is 0 Å². The molecule has 1 aliphatic rings. The molecular weight excluding hydrogens is 396 g/mol. The van der Waals surface area contributed by atoms with Gasteiger partial charge in [-0.05, 0) is 42.0 Å². The molecule has 0 aromatic heterocycles. The number of anilines is 2. The third-order valence-electron chi connectivity index (χ3n) is 6.19. The number of hydrogen-bond donors (Lipinski definition) is 2. The Morgan fingerprint density at radius 3 is 1.75 bits per heavy atom. The number of para-hydroxylation sites is 2. The third-order valence-corrected chi connectivity index (χ3v) is 6.19. The number of nitrogens with one attached hydrogen (secondary N) is 2. The maximum atomic E-state index is 13.4. The second kappa shape index (κ2) is 10.8. The molecule has 0 aliphatic heterocycles. The summed E-state index contributed by atoms with van der Waals surface area (Å²) in [6.45, 7) is 0. The monoisotopic (exact) mass is 426 g/mol. The zero-order chi connectivity index (χ0) is 22.2. The molecule has 2 N–H and O–H groups in total. The smallest absolute Gasteiger partial charge is 0.236 e. The molecule has 1 fully saturated rings. The van der Waals surface area contributed by atoms with Crippen LogP contribution in [0, 0.1) is 5.92 Å². The fraction of sp³-hybridized carbons (Fsp3) is 0.286. The Kier molecular flexibility index (Phi) is 7.34. The maximum absolute atomic E-state index is 13.4. The van der Waals surface area contributed by atoms with Crippen molar-refractivity contribution in [1.29, 1.82) is 0 Å². The molecular formula is C28H30N2O2. The predicted octanol–water partition coefficient (Wildman–Crippen LogP) is 6.37. The average Bonchev–Trinajstić information content (AvgIpc) is 2.82. The number of carbonyl (C=O) groups excluding carboxylic acids is 2. The van der Waals surface area contributed by atoms with E-state index in [2.05, 4.69) is 10.6 Å². The minimum atomic E-state index is -0.441. The molecule has 0 spiro atoms. The van der Waals surface area contributed by atoms with Crippen molar-refractivity contribution in [1.82, 2.24) is 0 Å². The predicted molar refractivity (Wildman–Crippen MR) is 130 cm³/mol. The van der Waals surface area contributed by atoms with Crippen molar-refractivity contribution in [3.63, 3.8) is 0 Å². The highest BCUT2D eigenvalue weighted by Crippen LogP contribution is 2.30. The van der Waals surface area contributed by atoms with Gasteiger partial charge < -0.3 is 10.6 Å². The van der Waals surface area contributed by atoms with Gasteiger partial charge in [0.15, 0.2) is 0 Å². The Balaban J connectivity index is 1.51. The van der Waals surface area contributed by atoms with Gasteiger partial charge in [0, 0.05) is 6.42 Å². The van der Waals surface area contributed by atoms with Gasteiger partial charge in [0.25, 0.3) is 0 Å². The Morgan fingerprint density at radius 1 is 0.688 bits per heavy atom. The summed E-state index contributed by atoms with van der Waals surface area (Å²) in [4.78, 5) is 26.1. The normalized spacial score (nSPS) is 14.2. The van der Waals surface area contributed by atoms with E-state index < -0.39 is 5.92 Å². The van der Waals surface area contributed by atoms with Crippen LogP contribution in [0.4, 0.5) is 11.4 Å². The van der Waals surface area contributed by atoms with E-state index in [0.29, 0.717) is 23.7 Å². The summed E-state index contributed by atoms with van der Waals surface area (Å²) in [5.41, 5.74) is 3.11. The van der Waals surface area contributed by atoms with Gasteiger partial charge in [0.2, 0.25) is 11.8 Å². The number of hydrogen-bond acceptors (Lipinski definition) is 2. The molecule has 0 atom stereocenters. The highest BCUT2D eigenvalue weighted by Gasteiger charge is 2.24. The van der Waals surface area contributed by atoms with Crippen LogP contribution in [-0.2, 0) is 9.59 Å². The summed E-state index contributed by atoms with van der Waals surface area (Å²) >= 11 is 0. The Bertz CT molecular complexity index is 988. The van der Waals surface area contributed by atoms with Crippen molar-refractivity contribution in [3.05, 3.63) is 96.1 Å². The van der Waals surface area contributed by atoms with Crippen molar-refractivity contribution >= 4 is 23.2 Å². The first kappa shape index (κ1) is 21.8. The van der Waals surface area contributed by atoms with E-state index in [1.807, 2.05) is 84.9 Å². The van der Waals surface area contributed by atoms with E-state index in [9.17, 15) is 9.59 Å². The van der Waals surface area contributed by atoms with Crippen LogP contribution >= 0.6 is 0 Å². The van der Waals surface area contributed by atoms with Gasteiger partial charge in [-0.25, -0.2) is 0 Å². The molecule has 3 aromatic carbocycles. The topological polar surface area (TPSA) is 58.2 Å². The molecule has 4 rings (SSSR count). The van der Waals surface area contributed by atoms with E-state index in [-0.39, 0.29) is 11.8 Å². The second-order valence-electron chi connectivity index (χ2n) is 8.55. The molecule has 1 saturated carbocycles. The molecule has 0 heterocycles. The van der Waals surface area contributed by atoms with Gasteiger partial charge in [-0.2, -0.15) is 0 Å². The molecule has 32 heavy (non-hydrogen) atoms. The van der Waals surface area contributed by atoms with Crippen molar-refractivity contribution < 1.29 is 9.59 Å². The van der Waals surface area contributed by atoms with Crippen molar-refractivity contribution in [3.8, 4) is 0 Å². The van der Waals surface area contributed by atoms with Gasteiger partial charge in [0.1, 0.15) is 0 Å². The molecule has 1 aliphatic carbocycles. The number of carbonyl (C=O) groups is 2. The Morgan fingerprint density at radius 2 is 1.19 bits per heavy atom. The fourth-order valence-corrected chi connectivity index (χ4v) is 4.55. The molecule has 4 nitrogen and oxygen atoms in total. The molecule has 3 aromatic rings. The summed E-state index contributed by atoms with van der Waals surface area (Å²) in [7, 11) is 0. The van der Waals surface area contributed by atoms with Crippen LogP contribution in [0.5, 0.6) is 0 Å². The summed E-state index contributed by atoms with van der Waals surface area (Å²) in [5, 5.41) is 6.09. The van der Waals surface area contributed by atoms with Crippen LogP contribution in [0.1, 0.15) is 55.6 Å². The van der Waals surface area contributed by atoms with Gasteiger partial charge in [-0.3, -0.25) is 9.59 Å². The molecule has 0 unspecified atom stereocenters. The lowest BCUT2D eigenvalue weighted by molar-refractivity contribution is -0.118. The van der Waals surface area contributed by atoms with E-state index in [1.54, 1.807) is 0 Å². The first-order chi connectivity index (χ1) is 15.7. The van der Waals surface area contributed by atoms with Crippen LogP contribution in [-0.4, -0.2) is 11.8 Å². The third kappa shape index (κ3) is 5.64. The van der Waals surface area contributed by atoms with Crippen LogP contribution in [0.25, 0.3) is 0 Å². The van der Waals surface area contributed by atoms with Crippen LogP contribution in [0.2, 0.25) is 0 Å². The standard InChI is InChI=1S/C28H30N2O2/c31-26(20-21-12-4-1-5-13-21)29-24-18-10-11-19-25(24)30-28(32)27(22-14-6-2-7-15-22)23-16-8-3-9-17-23/h2-3,6-11,14-19,21,27H,1,4-5,12-13,20H2,(H,29,31)(H,30,32). The molecule has 0 saturated heterocycles. The molecule has 4 heteroatoms. The highest BCUT2D eigenvalue weighted by molar-refractivity contribution is 6.03. The van der Waals surface area contributed by atoms with Crippen LogP contribution < -0.4 is 10.6 Å². The average molecular weight is 427 g/mol. The molecule has 0 radical (unpaired) electrons. The zero-order valence-electron chi connectivity index (χ0n) is 18.3. The quantitative estimate of drug-likeness (QED) is 0.461. The number of benzene rings is 3. The summed E-state index contributed by atoms with van der Waals surface area (Å²) in [6, 6.07) is 26.9. The van der Waals surface area contributed by atoms with Crippen LogP contribution in [0.3, 0.4) is 0 Å². The van der Waals surface area contributed by atoms with Gasteiger partial charge in [-0.15, -0.1) is 0 Å². The van der Waals surface area contributed by atoms with Gasteiger partial charge in [-0.1, -0.05) is 92.1 Å². The lowest BCUT2D eigenvalue weighted by Gasteiger charge is -2.22. The largest absolute Gasteiger partial charge is 0.324 e. The zero-order valence-corrected chi connectivity index (χ0v) is 18.3. The fourth-order valence-electron chi connectivity index (χ4n) is 4.55. The first-order valence-corrected chi connectivity index (χ1v) is 11.5. The number of amides is 2. The van der Waals surface area contributed by atoms with Crippen molar-refractivity contribution in [2.24, 2.45) is 5.92 Å². The van der Waals surface area contributed by atoms with E-state index in [1.165, 1.54) is 19.3 Å². The Hall–Kier alpha value is -3.40. The molecule has 0 bridgehead atoms. The van der Waals surface area contributed by atoms with Crippen molar-refractivity contribution in [2.45, 2.75) is 44.4 Å². The SMILES string of the molecule is O=C(CC1CCCCC1)Nc1ccccc1NC(=O)C(c1ccccc1)c1ccccc1. The number of rotatable bonds is 7. The van der Waals surface area contributed by atoms with Crippen LogP contribution in [0.15, 0.2) is 84.9 Å². The van der Waals surface area contributed by atoms with Crippen molar-refractivity contribution in [2.75, 3.05) is 10.6 Å². The molecule has 164 valence electrons. The molecule has 2 amide bonds. The van der Waals surface area contributed by atoms with E-state index in [4.69, 9.17) is 0 Å². The first-order valence-electron chi connectivity index (χ1n) is 11.5. The van der Waals surface area contributed by atoms with Gasteiger partial charge in [0.05, 0.1) is 17.3 Å². The minimum Gasteiger partial charge on any atom is -0.324 e. The highest BCUT2D eigenvalue weighted by atomic mass is 16.2.